The average Bonchev–Trinajstić information content (AvgIpc) is 2.90. The van der Waals surface area contributed by atoms with Crippen LogP contribution in [-0.4, -0.2) is 70.3 Å². The Morgan fingerprint density at radius 3 is 1.84 bits per heavy atom. The van der Waals surface area contributed by atoms with Gasteiger partial charge in [-0.2, -0.15) is 0 Å². The number of esters is 1. The van der Waals surface area contributed by atoms with Crippen molar-refractivity contribution in [1.29, 1.82) is 0 Å². The lowest BCUT2D eigenvalue weighted by molar-refractivity contribution is -0.159. The first kappa shape index (κ1) is 35.3. The van der Waals surface area contributed by atoms with Crippen LogP contribution in [0.2, 0.25) is 0 Å². The van der Waals surface area contributed by atoms with Crippen molar-refractivity contribution in [2.75, 3.05) is 13.2 Å². The van der Waals surface area contributed by atoms with E-state index in [0.29, 0.717) is 5.56 Å². The van der Waals surface area contributed by atoms with Gasteiger partial charge in [-0.3, -0.25) is 9.59 Å². The molecule has 3 unspecified atom stereocenters. The van der Waals surface area contributed by atoms with Crippen LogP contribution in [0.4, 0.5) is 4.79 Å². The van der Waals surface area contributed by atoms with Gasteiger partial charge in [0.2, 0.25) is 11.8 Å². The van der Waals surface area contributed by atoms with E-state index in [4.69, 9.17) is 9.47 Å². The third-order valence-electron chi connectivity index (χ3n) is 6.19. The first-order valence-electron chi connectivity index (χ1n) is 14.6. The Morgan fingerprint density at radius 1 is 0.814 bits per heavy atom. The molecular formula is C33H47N3O7. The number of ether oxygens (including phenoxy) is 2. The second-order valence-corrected chi connectivity index (χ2v) is 12.7. The summed E-state index contributed by atoms with van der Waals surface area (Å²) in [4.78, 5) is 55.4. The first-order chi connectivity index (χ1) is 20.0. The highest BCUT2D eigenvalue weighted by molar-refractivity contribution is 5.94. The van der Waals surface area contributed by atoms with E-state index in [9.17, 15) is 24.3 Å². The molecule has 0 saturated heterocycles. The van der Waals surface area contributed by atoms with Gasteiger partial charge in [0.25, 0.3) is 0 Å². The minimum Gasteiger partial charge on any atom is -0.458 e. The molecule has 0 aliphatic heterocycles. The molecular weight excluding hydrogens is 550 g/mol. The number of benzene rings is 2. The Balaban J connectivity index is 2.51. The van der Waals surface area contributed by atoms with E-state index in [1.165, 1.54) is 4.90 Å². The van der Waals surface area contributed by atoms with Crippen LogP contribution in [0.15, 0.2) is 60.7 Å². The third-order valence-corrected chi connectivity index (χ3v) is 6.19. The highest BCUT2D eigenvalue weighted by atomic mass is 16.6. The van der Waals surface area contributed by atoms with E-state index in [1.807, 2.05) is 30.3 Å². The van der Waals surface area contributed by atoms with Crippen LogP contribution < -0.4 is 10.6 Å². The van der Waals surface area contributed by atoms with E-state index in [-0.39, 0.29) is 18.9 Å². The van der Waals surface area contributed by atoms with Crippen molar-refractivity contribution in [3.63, 3.8) is 0 Å². The van der Waals surface area contributed by atoms with Gasteiger partial charge in [0.15, 0.2) is 0 Å². The zero-order valence-electron chi connectivity index (χ0n) is 26.5. The van der Waals surface area contributed by atoms with Crippen molar-refractivity contribution in [2.45, 2.75) is 91.1 Å². The second-order valence-electron chi connectivity index (χ2n) is 12.7. The van der Waals surface area contributed by atoms with Crippen molar-refractivity contribution in [3.05, 3.63) is 71.8 Å². The largest absolute Gasteiger partial charge is 0.458 e. The van der Waals surface area contributed by atoms with Crippen molar-refractivity contribution in [3.8, 4) is 0 Å². The van der Waals surface area contributed by atoms with Crippen LogP contribution in [0.5, 0.6) is 0 Å². The molecule has 3 amide bonds. The summed E-state index contributed by atoms with van der Waals surface area (Å²) in [5, 5.41) is 15.5. The molecule has 0 heterocycles. The van der Waals surface area contributed by atoms with Crippen molar-refractivity contribution in [1.82, 2.24) is 15.5 Å². The lowest BCUT2D eigenvalue weighted by Crippen LogP contribution is -2.56. The van der Waals surface area contributed by atoms with Gasteiger partial charge in [-0.15, -0.1) is 0 Å². The maximum absolute atomic E-state index is 14.1. The Kier molecular flexibility index (Phi) is 12.7. The van der Waals surface area contributed by atoms with Crippen LogP contribution in [0.3, 0.4) is 0 Å². The fourth-order valence-corrected chi connectivity index (χ4v) is 4.38. The lowest BCUT2D eigenvalue weighted by Gasteiger charge is -2.36. The van der Waals surface area contributed by atoms with E-state index < -0.39 is 59.8 Å². The molecule has 236 valence electrons. The second kappa shape index (κ2) is 15.5. The Morgan fingerprint density at radius 2 is 1.35 bits per heavy atom. The van der Waals surface area contributed by atoms with E-state index in [1.54, 1.807) is 85.7 Å². The Labute approximate surface area is 255 Å². The molecule has 0 aliphatic carbocycles. The molecule has 0 aliphatic rings. The fourth-order valence-electron chi connectivity index (χ4n) is 4.38. The van der Waals surface area contributed by atoms with E-state index in [2.05, 4.69) is 10.6 Å². The number of aliphatic hydroxyl groups excluding tert-OH is 1. The summed E-state index contributed by atoms with van der Waals surface area (Å²) in [6.07, 6.45) is -0.622. The van der Waals surface area contributed by atoms with Gasteiger partial charge in [0, 0.05) is 13.0 Å². The van der Waals surface area contributed by atoms with Gasteiger partial charge in [0.1, 0.15) is 29.3 Å². The SMILES string of the molecule is CC(C)C(NC(=O)OC(C)(C)C)C(=O)N(CCO)C(C(=O)NC(Cc1ccccc1)C(=O)OC(C)(C)C)c1ccccc1. The minimum atomic E-state index is -1.23. The molecule has 3 atom stereocenters. The molecule has 0 radical (unpaired) electrons. The number of nitrogens with one attached hydrogen (secondary N) is 2. The summed E-state index contributed by atoms with van der Waals surface area (Å²) in [7, 11) is 0. The summed E-state index contributed by atoms with van der Waals surface area (Å²) < 4.78 is 11.0. The number of carbonyl (C=O) groups is 4. The van der Waals surface area contributed by atoms with E-state index >= 15 is 0 Å². The summed E-state index contributed by atoms with van der Waals surface area (Å²) in [6, 6.07) is 14.5. The minimum absolute atomic E-state index is 0.158. The maximum Gasteiger partial charge on any atom is 0.408 e. The number of rotatable bonds is 12. The molecule has 0 spiro atoms. The molecule has 2 aromatic carbocycles. The molecule has 3 N–H and O–H groups in total. The molecule has 43 heavy (non-hydrogen) atoms. The number of aliphatic hydroxyl groups is 1. The lowest BCUT2D eigenvalue weighted by atomic mass is 9.98. The molecule has 2 aromatic rings. The average molecular weight is 598 g/mol. The number of nitrogens with zero attached hydrogens (tertiary/aromatic N) is 1. The molecule has 0 bridgehead atoms. The zero-order chi connectivity index (χ0) is 32.4. The molecule has 0 aromatic heterocycles. The quantitative estimate of drug-likeness (QED) is 0.313. The first-order valence-corrected chi connectivity index (χ1v) is 14.6. The van der Waals surface area contributed by atoms with Crippen molar-refractivity contribution >= 4 is 23.9 Å². The molecule has 0 fully saturated rings. The maximum atomic E-state index is 14.1. The van der Waals surface area contributed by atoms with Crippen LogP contribution in [0.1, 0.15) is 72.6 Å². The number of hydrogen-bond donors (Lipinski definition) is 3. The number of amides is 3. The standard InChI is InChI=1S/C33H47N3O7/c1-22(2)26(35-31(41)43-33(6,7)8)29(39)36(19-20-37)27(24-17-13-10-14-18-24)28(38)34-25(30(40)42-32(3,4)5)21-23-15-11-9-12-16-23/h9-18,22,25-27,37H,19-21H2,1-8H3,(H,34,38)(H,35,41). The van der Waals surface area contributed by atoms with Crippen LogP contribution >= 0.6 is 0 Å². The van der Waals surface area contributed by atoms with Crippen LogP contribution in [0.25, 0.3) is 0 Å². The summed E-state index contributed by atoms with van der Waals surface area (Å²) in [5.74, 6) is -2.23. The highest BCUT2D eigenvalue weighted by Gasteiger charge is 2.39. The number of alkyl carbamates (subject to hydrolysis) is 1. The Hall–Kier alpha value is -3.92. The van der Waals surface area contributed by atoms with Gasteiger partial charge in [-0.25, -0.2) is 9.59 Å². The number of hydrogen-bond acceptors (Lipinski definition) is 7. The molecule has 2 rings (SSSR count). The van der Waals surface area contributed by atoms with Crippen LogP contribution in [0, 0.1) is 5.92 Å². The summed E-state index contributed by atoms with van der Waals surface area (Å²) in [6.45, 7) is 13.2. The van der Waals surface area contributed by atoms with E-state index in [0.717, 1.165) is 5.56 Å². The van der Waals surface area contributed by atoms with Gasteiger partial charge in [0.05, 0.1) is 6.61 Å². The topological polar surface area (TPSA) is 134 Å². The summed E-state index contributed by atoms with van der Waals surface area (Å²) >= 11 is 0. The van der Waals surface area contributed by atoms with Gasteiger partial charge < -0.3 is 30.1 Å². The van der Waals surface area contributed by atoms with Gasteiger partial charge in [-0.1, -0.05) is 74.5 Å². The predicted octanol–water partition coefficient (Wildman–Crippen LogP) is 4.17. The fraction of sp³-hybridized carbons (Fsp3) is 0.515. The zero-order valence-corrected chi connectivity index (χ0v) is 26.5. The smallest absolute Gasteiger partial charge is 0.408 e. The number of carbonyl (C=O) groups excluding carboxylic acids is 4. The highest BCUT2D eigenvalue weighted by Crippen LogP contribution is 2.24. The summed E-state index contributed by atoms with van der Waals surface area (Å²) in [5.41, 5.74) is -0.322. The molecule has 0 saturated carbocycles. The Bertz CT molecular complexity index is 1200. The predicted molar refractivity (Wildman–Crippen MR) is 164 cm³/mol. The van der Waals surface area contributed by atoms with Gasteiger partial charge in [-0.05, 0) is 58.6 Å². The third kappa shape index (κ3) is 11.7. The normalized spacial score (nSPS) is 13.8. The van der Waals surface area contributed by atoms with Gasteiger partial charge >= 0.3 is 12.1 Å². The van der Waals surface area contributed by atoms with Crippen molar-refractivity contribution < 1.29 is 33.8 Å². The monoisotopic (exact) mass is 597 g/mol. The van der Waals surface area contributed by atoms with Crippen LogP contribution in [-0.2, 0) is 30.3 Å². The molecule has 10 heteroatoms. The molecule has 10 nitrogen and oxygen atoms in total. The van der Waals surface area contributed by atoms with Crippen molar-refractivity contribution in [2.24, 2.45) is 5.92 Å².